The van der Waals surface area contributed by atoms with E-state index in [0.29, 0.717) is 23.6 Å². The van der Waals surface area contributed by atoms with Gasteiger partial charge in [0.15, 0.2) is 17.7 Å². The third-order valence-corrected chi connectivity index (χ3v) is 4.86. The minimum Gasteiger partial charge on any atom is -0.479 e. The van der Waals surface area contributed by atoms with E-state index in [9.17, 15) is 14.7 Å². The van der Waals surface area contributed by atoms with Gasteiger partial charge in [-0.3, -0.25) is 4.79 Å². The summed E-state index contributed by atoms with van der Waals surface area (Å²) in [4.78, 5) is 28.4. The first kappa shape index (κ1) is 20.3. The van der Waals surface area contributed by atoms with Crippen molar-refractivity contribution in [3.05, 3.63) is 76.8 Å². The van der Waals surface area contributed by atoms with E-state index in [1.807, 2.05) is 57.2 Å². The summed E-state index contributed by atoms with van der Waals surface area (Å²) in [7, 11) is 0. The van der Waals surface area contributed by atoms with Gasteiger partial charge in [0.05, 0.1) is 5.69 Å². The van der Waals surface area contributed by atoms with Gasteiger partial charge in [-0.15, -0.1) is 0 Å². The number of aliphatic carboxylic acids is 1. The van der Waals surface area contributed by atoms with Gasteiger partial charge in [0.1, 0.15) is 0 Å². The van der Waals surface area contributed by atoms with Crippen LogP contribution in [-0.4, -0.2) is 22.0 Å². The zero-order chi connectivity index (χ0) is 21.0. The van der Waals surface area contributed by atoms with E-state index in [1.165, 1.54) is 0 Å². The fourth-order valence-corrected chi connectivity index (χ4v) is 3.10. The molecule has 1 atom stereocenters. The van der Waals surface area contributed by atoms with Crippen molar-refractivity contribution in [1.29, 1.82) is 0 Å². The SMILES string of the molecule is Cc1ccc(C(NC(=O)CCc2nc(C)c(-c3ccccc3)o2)C(=O)O)cc1C. The molecule has 0 spiro atoms. The summed E-state index contributed by atoms with van der Waals surface area (Å²) in [6.45, 7) is 5.72. The first-order valence-electron chi connectivity index (χ1n) is 9.46. The molecule has 150 valence electrons. The maximum Gasteiger partial charge on any atom is 0.330 e. The zero-order valence-corrected chi connectivity index (χ0v) is 16.7. The highest BCUT2D eigenvalue weighted by molar-refractivity contribution is 5.84. The lowest BCUT2D eigenvalue weighted by molar-refractivity contribution is -0.142. The van der Waals surface area contributed by atoms with E-state index in [2.05, 4.69) is 10.3 Å². The molecule has 2 N–H and O–H groups in total. The Bertz CT molecular complexity index is 1020. The number of carboxylic acids is 1. The summed E-state index contributed by atoms with van der Waals surface area (Å²) in [6, 6.07) is 13.9. The third-order valence-electron chi connectivity index (χ3n) is 4.86. The van der Waals surface area contributed by atoms with Crippen LogP contribution in [0.2, 0.25) is 0 Å². The summed E-state index contributed by atoms with van der Waals surface area (Å²) < 4.78 is 5.81. The van der Waals surface area contributed by atoms with Crippen molar-refractivity contribution in [3.63, 3.8) is 0 Å². The molecule has 2 aromatic carbocycles. The van der Waals surface area contributed by atoms with Gasteiger partial charge in [-0.25, -0.2) is 9.78 Å². The van der Waals surface area contributed by atoms with Gasteiger partial charge in [0.2, 0.25) is 5.91 Å². The van der Waals surface area contributed by atoms with E-state index in [1.54, 1.807) is 12.1 Å². The van der Waals surface area contributed by atoms with Crippen LogP contribution in [-0.2, 0) is 16.0 Å². The van der Waals surface area contributed by atoms with Gasteiger partial charge in [-0.1, -0.05) is 48.5 Å². The largest absolute Gasteiger partial charge is 0.479 e. The molecule has 1 unspecified atom stereocenters. The van der Waals surface area contributed by atoms with Gasteiger partial charge in [0.25, 0.3) is 0 Å². The maximum atomic E-state index is 12.4. The molecule has 3 rings (SSSR count). The number of nitrogens with one attached hydrogen (secondary N) is 1. The number of nitrogens with zero attached hydrogens (tertiary/aromatic N) is 1. The number of carboxylic acid groups (broad SMARTS) is 1. The Morgan fingerprint density at radius 1 is 1.07 bits per heavy atom. The molecule has 0 saturated carbocycles. The summed E-state index contributed by atoms with van der Waals surface area (Å²) in [5.41, 5.74) is 4.27. The van der Waals surface area contributed by atoms with Crippen molar-refractivity contribution < 1.29 is 19.1 Å². The van der Waals surface area contributed by atoms with E-state index in [0.717, 1.165) is 22.4 Å². The summed E-state index contributed by atoms with van der Waals surface area (Å²) in [5.74, 6) is -0.332. The quantitative estimate of drug-likeness (QED) is 0.630. The van der Waals surface area contributed by atoms with Gasteiger partial charge in [-0.05, 0) is 37.5 Å². The van der Waals surface area contributed by atoms with Crippen LogP contribution >= 0.6 is 0 Å². The molecule has 6 heteroatoms. The fourth-order valence-electron chi connectivity index (χ4n) is 3.10. The highest BCUT2D eigenvalue weighted by Gasteiger charge is 2.23. The molecule has 0 aliphatic heterocycles. The number of hydrogen-bond acceptors (Lipinski definition) is 4. The second-order valence-corrected chi connectivity index (χ2v) is 7.07. The Kier molecular flexibility index (Phi) is 6.12. The molecule has 0 fully saturated rings. The molecule has 0 aliphatic carbocycles. The molecule has 0 radical (unpaired) electrons. The average Bonchev–Trinajstić information content (AvgIpc) is 3.08. The molecule has 1 aromatic heterocycles. The molecule has 3 aromatic rings. The lowest BCUT2D eigenvalue weighted by atomic mass is 10.0. The topological polar surface area (TPSA) is 92.4 Å². The van der Waals surface area contributed by atoms with Crippen molar-refractivity contribution >= 4 is 11.9 Å². The zero-order valence-electron chi connectivity index (χ0n) is 16.7. The number of rotatable bonds is 7. The number of carbonyl (C=O) groups excluding carboxylic acids is 1. The minimum absolute atomic E-state index is 0.0861. The van der Waals surface area contributed by atoms with Crippen molar-refractivity contribution in [3.8, 4) is 11.3 Å². The average molecular weight is 392 g/mol. The van der Waals surface area contributed by atoms with Crippen LogP contribution in [0.5, 0.6) is 0 Å². The van der Waals surface area contributed by atoms with Gasteiger partial charge in [-0.2, -0.15) is 0 Å². The monoisotopic (exact) mass is 392 g/mol. The lowest BCUT2D eigenvalue weighted by Crippen LogP contribution is -2.34. The molecule has 0 saturated heterocycles. The Morgan fingerprint density at radius 2 is 1.79 bits per heavy atom. The summed E-state index contributed by atoms with van der Waals surface area (Å²) in [5, 5.41) is 12.1. The third kappa shape index (κ3) is 4.90. The Balaban J connectivity index is 1.65. The molecule has 1 amide bonds. The first-order chi connectivity index (χ1) is 13.8. The molecular weight excluding hydrogens is 368 g/mol. The number of aryl methyl sites for hydroxylation is 4. The maximum absolute atomic E-state index is 12.4. The number of aromatic nitrogens is 1. The Hall–Kier alpha value is -3.41. The van der Waals surface area contributed by atoms with Gasteiger partial charge >= 0.3 is 5.97 Å². The molecule has 1 heterocycles. The van der Waals surface area contributed by atoms with Gasteiger partial charge in [0, 0.05) is 18.4 Å². The highest BCUT2D eigenvalue weighted by atomic mass is 16.4. The highest BCUT2D eigenvalue weighted by Crippen LogP contribution is 2.24. The summed E-state index contributed by atoms with van der Waals surface area (Å²) >= 11 is 0. The van der Waals surface area contributed by atoms with E-state index >= 15 is 0 Å². The van der Waals surface area contributed by atoms with Crippen LogP contribution in [0.3, 0.4) is 0 Å². The molecule has 6 nitrogen and oxygen atoms in total. The Labute approximate surface area is 169 Å². The normalized spacial score (nSPS) is 11.8. The van der Waals surface area contributed by atoms with Crippen molar-refractivity contribution in [1.82, 2.24) is 10.3 Å². The molecule has 0 aliphatic rings. The van der Waals surface area contributed by atoms with Crippen LogP contribution in [0.25, 0.3) is 11.3 Å². The van der Waals surface area contributed by atoms with E-state index in [-0.39, 0.29) is 12.3 Å². The fraction of sp³-hybridized carbons (Fsp3) is 0.261. The Morgan fingerprint density at radius 3 is 2.45 bits per heavy atom. The number of carbonyl (C=O) groups is 2. The predicted octanol–water partition coefficient (Wildman–Crippen LogP) is 4.14. The van der Waals surface area contributed by atoms with E-state index in [4.69, 9.17) is 4.42 Å². The molecule has 29 heavy (non-hydrogen) atoms. The second kappa shape index (κ2) is 8.73. The van der Waals surface area contributed by atoms with Crippen LogP contribution in [0.15, 0.2) is 52.9 Å². The molecule has 0 bridgehead atoms. The van der Waals surface area contributed by atoms with Crippen LogP contribution < -0.4 is 5.32 Å². The number of hydrogen-bond donors (Lipinski definition) is 2. The van der Waals surface area contributed by atoms with Crippen molar-refractivity contribution in [2.24, 2.45) is 0 Å². The van der Waals surface area contributed by atoms with Crippen LogP contribution in [0.4, 0.5) is 0 Å². The standard InChI is InChI=1S/C23H24N2O4/c1-14-9-10-18(13-15(14)2)21(23(27)28)25-19(26)11-12-20-24-16(3)22(29-20)17-7-5-4-6-8-17/h4-10,13,21H,11-12H2,1-3H3,(H,25,26)(H,27,28). The first-order valence-corrected chi connectivity index (χ1v) is 9.46. The number of oxazole rings is 1. The summed E-state index contributed by atoms with van der Waals surface area (Å²) in [6.07, 6.45) is 0.377. The second-order valence-electron chi connectivity index (χ2n) is 7.07. The lowest BCUT2D eigenvalue weighted by Gasteiger charge is -2.16. The predicted molar refractivity (Wildman–Crippen MR) is 109 cm³/mol. The number of amides is 1. The van der Waals surface area contributed by atoms with Crippen molar-refractivity contribution in [2.45, 2.75) is 39.7 Å². The van der Waals surface area contributed by atoms with Gasteiger partial charge < -0.3 is 14.8 Å². The minimum atomic E-state index is -1.10. The van der Waals surface area contributed by atoms with Crippen LogP contribution in [0.1, 0.15) is 40.7 Å². The van der Waals surface area contributed by atoms with Crippen molar-refractivity contribution in [2.75, 3.05) is 0 Å². The van der Waals surface area contributed by atoms with E-state index < -0.39 is 12.0 Å². The molecular formula is C23H24N2O4. The smallest absolute Gasteiger partial charge is 0.330 e. The van der Waals surface area contributed by atoms with Crippen LogP contribution in [0, 0.1) is 20.8 Å². The number of benzene rings is 2.